The first kappa shape index (κ1) is 48.2. The van der Waals surface area contributed by atoms with Crippen LogP contribution in [-0.2, 0) is 20.4 Å². The summed E-state index contributed by atoms with van der Waals surface area (Å²) in [4.78, 5) is 0. The Kier molecular flexibility index (Phi) is 26.5. The van der Waals surface area contributed by atoms with Crippen molar-refractivity contribution in [1.29, 1.82) is 0 Å². The topological polar surface area (TPSA) is 46.1 Å². The first-order valence-corrected chi connectivity index (χ1v) is 17.0. The minimum absolute atomic E-state index is 0. The molecular formula is C32H72O2P2Pd. The maximum atomic E-state index is 9.53. The van der Waals surface area contributed by atoms with Crippen LogP contribution in [0.3, 0.4) is 0 Å². The van der Waals surface area contributed by atoms with Gasteiger partial charge in [0.05, 0.1) is 0 Å². The molecule has 0 rings (SSSR count). The monoisotopic (exact) mass is 656 g/mol. The normalized spacial score (nSPS) is 13.0. The minimum atomic E-state index is 0. The maximum absolute atomic E-state index is 9.53. The number of hydrogen-bond donors (Lipinski definition) is 0. The van der Waals surface area contributed by atoms with Crippen LogP contribution >= 0.6 is 15.8 Å². The van der Waals surface area contributed by atoms with Gasteiger partial charge in [-0.3, -0.25) is 0 Å². The van der Waals surface area contributed by atoms with Crippen LogP contribution < -0.4 is 10.2 Å². The van der Waals surface area contributed by atoms with Crippen molar-refractivity contribution in [1.82, 2.24) is 0 Å². The van der Waals surface area contributed by atoms with Crippen LogP contribution in [0.4, 0.5) is 0 Å². The Morgan fingerprint density at radius 3 is 0.514 bits per heavy atom. The van der Waals surface area contributed by atoms with Crippen LogP contribution in [0.5, 0.6) is 0 Å². The van der Waals surface area contributed by atoms with Crippen LogP contribution in [0.2, 0.25) is 0 Å². The van der Waals surface area contributed by atoms with Crippen LogP contribution in [0.25, 0.3) is 0 Å². The molecule has 0 radical (unpaired) electrons. The molecule has 0 N–H and O–H groups in total. The fraction of sp³-hybridized carbons (Fsp3) is 1.00. The van der Waals surface area contributed by atoms with Gasteiger partial charge in [-0.2, -0.15) is 0 Å². The van der Waals surface area contributed by atoms with Gasteiger partial charge in [0.1, 0.15) is 0 Å². The maximum Gasteiger partial charge on any atom is 2.00 e. The molecule has 232 valence electrons. The van der Waals surface area contributed by atoms with E-state index in [1.165, 1.54) is 0 Å². The SMILES string of the molecule is CC(C)(C)P(C(C)(C)C)C(C)(C)C.CC(C)(C)P(C(C)(C)C)C(C)(C)C.CCCC[O-].CCCC[O-].[Pd+2]. The summed E-state index contributed by atoms with van der Waals surface area (Å²) >= 11 is 0. The smallest absolute Gasteiger partial charge is 0.854 e. The summed E-state index contributed by atoms with van der Waals surface area (Å²) in [6, 6.07) is 0. The average Bonchev–Trinajstić information content (AvgIpc) is 2.48. The molecule has 0 heterocycles. The Morgan fingerprint density at radius 1 is 0.378 bits per heavy atom. The molecule has 0 bridgehead atoms. The molecule has 0 aliphatic heterocycles. The fourth-order valence-electron chi connectivity index (χ4n) is 6.33. The summed E-state index contributed by atoms with van der Waals surface area (Å²) in [6.07, 6.45) is 3.73. The van der Waals surface area contributed by atoms with E-state index >= 15 is 0 Å². The predicted molar refractivity (Wildman–Crippen MR) is 172 cm³/mol. The molecule has 0 saturated carbocycles. The molecule has 0 aromatic heterocycles. The largest absolute Gasteiger partial charge is 2.00 e. The second kappa shape index (κ2) is 20.3. The van der Waals surface area contributed by atoms with Crippen LogP contribution in [-0.4, -0.2) is 44.2 Å². The van der Waals surface area contributed by atoms with Crippen LogP contribution in [0.1, 0.15) is 164 Å². The van der Waals surface area contributed by atoms with E-state index in [2.05, 4.69) is 125 Å². The van der Waals surface area contributed by atoms with Gasteiger partial charge in [-0.05, 0) is 30.9 Å². The Hall–Kier alpha value is 1.44. The quantitative estimate of drug-likeness (QED) is 0.223. The van der Waals surface area contributed by atoms with Crippen molar-refractivity contribution >= 4 is 15.8 Å². The van der Waals surface area contributed by atoms with Crippen LogP contribution in [0.15, 0.2) is 0 Å². The minimum Gasteiger partial charge on any atom is -0.854 e. The molecule has 0 aromatic rings. The van der Waals surface area contributed by atoms with Crippen molar-refractivity contribution in [2.75, 3.05) is 13.2 Å². The molecule has 0 unspecified atom stereocenters. The van der Waals surface area contributed by atoms with E-state index in [-0.39, 0.29) is 49.5 Å². The van der Waals surface area contributed by atoms with Gasteiger partial charge in [0.25, 0.3) is 0 Å². The zero-order valence-corrected chi connectivity index (χ0v) is 32.6. The van der Waals surface area contributed by atoms with Gasteiger partial charge in [-0.25, -0.2) is 0 Å². The predicted octanol–water partition coefficient (Wildman–Crippen LogP) is 10.0. The van der Waals surface area contributed by atoms with Crippen molar-refractivity contribution in [2.24, 2.45) is 0 Å². The van der Waals surface area contributed by atoms with Gasteiger partial charge in [0.15, 0.2) is 0 Å². The van der Waals surface area contributed by atoms with Gasteiger partial charge in [0.2, 0.25) is 0 Å². The number of hydrogen-bond acceptors (Lipinski definition) is 2. The van der Waals surface area contributed by atoms with E-state index in [0.29, 0.717) is 30.9 Å². The van der Waals surface area contributed by atoms with E-state index in [0.717, 1.165) is 25.7 Å². The summed E-state index contributed by atoms with van der Waals surface area (Å²) in [5.41, 5.74) is 0. The number of unbranched alkanes of at least 4 members (excludes halogenated alkanes) is 2. The zero-order valence-electron chi connectivity index (χ0n) is 29.3. The molecule has 0 spiro atoms. The van der Waals surface area contributed by atoms with Crippen molar-refractivity contribution in [3.63, 3.8) is 0 Å². The first-order chi connectivity index (χ1) is 15.6. The van der Waals surface area contributed by atoms with E-state index in [9.17, 15) is 10.2 Å². The average molecular weight is 657 g/mol. The van der Waals surface area contributed by atoms with Gasteiger partial charge < -0.3 is 10.2 Å². The van der Waals surface area contributed by atoms with Crippen LogP contribution in [0, 0.1) is 0 Å². The van der Waals surface area contributed by atoms with Gasteiger partial charge in [-0.1, -0.05) is 180 Å². The first-order valence-electron chi connectivity index (χ1n) is 14.3. The van der Waals surface area contributed by atoms with E-state index < -0.39 is 0 Å². The van der Waals surface area contributed by atoms with Gasteiger partial charge >= 0.3 is 20.4 Å². The van der Waals surface area contributed by atoms with E-state index in [4.69, 9.17) is 0 Å². The molecule has 0 amide bonds. The second-order valence-electron chi connectivity index (χ2n) is 15.8. The molecule has 2 nitrogen and oxygen atoms in total. The number of rotatable bonds is 4. The summed E-state index contributed by atoms with van der Waals surface area (Å²) in [6.45, 7) is 47.1. The summed E-state index contributed by atoms with van der Waals surface area (Å²) < 4.78 is 0. The van der Waals surface area contributed by atoms with E-state index in [1.807, 2.05) is 13.8 Å². The molecule has 37 heavy (non-hydrogen) atoms. The molecule has 5 heteroatoms. The molecule has 0 aliphatic rings. The molecule has 0 saturated heterocycles. The fourth-order valence-corrected chi connectivity index (χ4v) is 18.4. The molecule has 0 atom stereocenters. The Labute approximate surface area is 253 Å². The zero-order chi connectivity index (χ0) is 30.4. The van der Waals surface area contributed by atoms with Crippen molar-refractivity contribution < 1.29 is 30.6 Å². The van der Waals surface area contributed by atoms with E-state index in [1.54, 1.807) is 0 Å². The standard InChI is InChI=1S/2C12H27P.2C4H9O.Pd/c2*1-10(2,3)13(11(4,5)6)12(7,8)9;2*1-2-3-4-5;/h2*1-9H3;2*2-4H2,1H3;/q;;2*-1;+2. The van der Waals surface area contributed by atoms with Crippen molar-refractivity contribution in [3.05, 3.63) is 0 Å². The third kappa shape index (κ3) is 27.4. The molecular weight excluding hydrogens is 585 g/mol. The molecule has 0 fully saturated rings. The summed E-state index contributed by atoms with van der Waals surface area (Å²) in [7, 11) is 0.0324. The van der Waals surface area contributed by atoms with Gasteiger partial charge in [0, 0.05) is 0 Å². The Morgan fingerprint density at radius 2 is 0.514 bits per heavy atom. The second-order valence-corrected chi connectivity index (χ2v) is 25.2. The van der Waals surface area contributed by atoms with Crippen molar-refractivity contribution in [3.8, 4) is 0 Å². The molecule has 0 aromatic carbocycles. The summed E-state index contributed by atoms with van der Waals surface area (Å²) in [5, 5.41) is 21.8. The third-order valence-electron chi connectivity index (χ3n) is 5.02. The molecule has 0 aliphatic carbocycles. The Balaban J connectivity index is -0.000000133. The third-order valence-corrected chi connectivity index (χ3v) is 13.1. The van der Waals surface area contributed by atoms with Crippen molar-refractivity contribution in [2.45, 2.75) is 195 Å². The summed E-state index contributed by atoms with van der Waals surface area (Å²) in [5.74, 6) is 0. The van der Waals surface area contributed by atoms with Gasteiger partial charge in [-0.15, -0.1) is 13.2 Å². The Bertz CT molecular complexity index is 389.